The first-order chi connectivity index (χ1) is 7.65. The maximum Gasteiger partial charge on any atom is 0.227 e. The van der Waals surface area contributed by atoms with E-state index < -0.39 is 0 Å². The van der Waals surface area contributed by atoms with Gasteiger partial charge in [-0.05, 0) is 19.4 Å². The molecule has 88 valence electrons. The number of amides is 1. The summed E-state index contributed by atoms with van der Waals surface area (Å²) in [6, 6.07) is 10.0. The van der Waals surface area contributed by atoms with Crippen LogP contribution in [0.3, 0.4) is 0 Å². The second kappa shape index (κ2) is 6.28. The van der Waals surface area contributed by atoms with E-state index >= 15 is 0 Å². The van der Waals surface area contributed by atoms with E-state index in [0.29, 0.717) is 19.5 Å². The summed E-state index contributed by atoms with van der Waals surface area (Å²) in [5, 5.41) is 0. The number of nitrogens with two attached hydrogens (primary N) is 1. The largest absolute Gasteiger partial charge is 0.339 e. The Labute approximate surface area is 97.2 Å². The lowest BCUT2D eigenvalue weighted by Gasteiger charge is -2.26. The predicted molar refractivity (Wildman–Crippen MR) is 66.0 cm³/mol. The van der Waals surface area contributed by atoms with Gasteiger partial charge in [0.15, 0.2) is 0 Å². The summed E-state index contributed by atoms with van der Waals surface area (Å²) in [6.07, 6.45) is 0.457. The molecule has 3 nitrogen and oxygen atoms in total. The first-order valence-corrected chi connectivity index (χ1v) is 5.68. The van der Waals surface area contributed by atoms with Crippen molar-refractivity contribution in [2.75, 3.05) is 13.1 Å². The van der Waals surface area contributed by atoms with Gasteiger partial charge in [-0.15, -0.1) is 0 Å². The molecule has 0 aliphatic rings. The average Bonchev–Trinajstić information content (AvgIpc) is 2.26. The zero-order valence-corrected chi connectivity index (χ0v) is 10.0. The van der Waals surface area contributed by atoms with E-state index in [1.807, 2.05) is 49.1 Å². The highest BCUT2D eigenvalue weighted by atomic mass is 16.2. The minimum absolute atomic E-state index is 0.145. The Balaban J connectivity index is 2.62. The lowest BCUT2D eigenvalue weighted by molar-refractivity contribution is -0.132. The highest BCUT2D eigenvalue weighted by molar-refractivity contribution is 5.79. The lowest BCUT2D eigenvalue weighted by atomic mass is 10.1. The summed E-state index contributed by atoms with van der Waals surface area (Å²) in [4.78, 5) is 13.8. The first kappa shape index (κ1) is 12.7. The van der Waals surface area contributed by atoms with Gasteiger partial charge in [-0.3, -0.25) is 4.79 Å². The summed E-state index contributed by atoms with van der Waals surface area (Å²) in [5.41, 5.74) is 6.56. The van der Waals surface area contributed by atoms with Crippen molar-refractivity contribution in [3.05, 3.63) is 35.9 Å². The van der Waals surface area contributed by atoms with Crippen LogP contribution in [0.5, 0.6) is 0 Å². The fraction of sp³-hybridized carbons (Fsp3) is 0.462. The third kappa shape index (κ3) is 3.66. The second-order valence-corrected chi connectivity index (χ2v) is 4.13. The van der Waals surface area contributed by atoms with Gasteiger partial charge in [0, 0.05) is 19.1 Å². The molecule has 0 saturated carbocycles. The second-order valence-electron chi connectivity index (χ2n) is 4.13. The lowest BCUT2D eigenvalue weighted by Crippen LogP contribution is -2.41. The van der Waals surface area contributed by atoms with Crippen LogP contribution in [-0.2, 0) is 11.2 Å². The molecule has 0 atom stereocenters. The van der Waals surface area contributed by atoms with Crippen molar-refractivity contribution in [2.24, 2.45) is 5.73 Å². The molecule has 0 aliphatic heterocycles. The monoisotopic (exact) mass is 220 g/mol. The maximum atomic E-state index is 12.0. The number of carbonyl (C=O) groups is 1. The molecule has 0 heterocycles. The highest BCUT2D eigenvalue weighted by Gasteiger charge is 2.15. The molecule has 16 heavy (non-hydrogen) atoms. The Kier molecular flexibility index (Phi) is 4.99. The number of benzene rings is 1. The van der Waals surface area contributed by atoms with Gasteiger partial charge >= 0.3 is 0 Å². The molecule has 0 saturated heterocycles. The van der Waals surface area contributed by atoms with Crippen molar-refractivity contribution >= 4 is 5.91 Å². The fourth-order valence-electron chi connectivity index (χ4n) is 1.68. The van der Waals surface area contributed by atoms with Gasteiger partial charge in [0.25, 0.3) is 0 Å². The highest BCUT2D eigenvalue weighted by Crippen LogP contribution is 2.05. The number of hydrogen-bond donors (Lipinski definition) is 1. The molecule has 1 aromatic rings. The molecule has 0 aliphatic carbocycles. The number of nitrogens with zero attached hydrogens (tertiary/aromatic N) is 1. The number of carbonyl (C=O) groups excluding carboxylic acids is 1. The van der Waals surface area contributed by atoms with Gasteiger partial charge in [0.05, 0.1) is 6.42 Å². The zero-order chi connectivity index (χ0) is 12.0. The fourth-order valence-corrected chi connectivity index (χ4v) is 1.68. The molecular formula is C13H20N2O. The summed E-state index contributed by atoms with van der Waals surface area (Å²) in [6.45, 7) is 5.17. The van der Waals surface area contributed by atoms with E-state index in [1.54, 1.807) is 0 Å². The van der Waals surface area contributed by atoms with Crippen molar-refractivity contribution < 1.29 is 4.79 Å². The Morgan fingerprint density at radius 3 is 2.44 bits per heavy atom. The predicted octanol–water partition coefficient (Wildman–Crippen LogP) is 1.42. The Hall–Kier alpha value is -1.35. The van der Waals surface area contributed by atoms with E-state index in [0.717, 1.165) is 5.56 Å². The van der Waals surface area contributed by atoms with Crippen LogP contribution in [-0.4, -0.2) is 29.9 Å². The van der Waals surface area contributed by atoms with Gasteiger partial charge < -0.3 is 10.6 Å². The van der Waals surface area contributed by atoms with Crippen LogP contribution in [0.25, 0.3) is 0 Å². The number of hydrogen-bond acceptors (Lipinski definition) is 2. The van der Waals surface area contributed by atoms with Crippen molar-refractivity contribution in [1.82, 2.24) is 4.90 Å². The third-order valence-electron chi connectivity index (χ3n) is 2.51. The van der Waals surface area contributed by atoms with E-state index in [2.05, 4.69) is 0 Å². The molecule has 0 radical (unpaired) electrons. The topological polar surface area (TPSA) is 46.3 Å². The van der Waals surface area contributed by atoms with Crippen molar-refractivity contribution in [3.8, 4) is 0 Å². The summed E-state index contributed by atoms with van der Waals surface area (Å²) in [5.74, 6) is 0.145. The Morgan fingerprint density at radius 2 is 1.94 bits per heavy atom. The quantitative estimate of drug-likeness (QED) is 0.816. The van der Waals surface area contributed by atoms with E-state index in [9.17, 15) is 4.79 Å². The van der Waals surface area contributed by atoms with Crippen LogP contribution in [0.1, 0.15) is 19.4 Å². The average molecular weight is 220 g/mol. The van der Waals surface area contributed by atoms with Gasteiger partial charge in [-0.25, -0.2) is 0 Å². The van der Waals surface area contributed by atoms with Crippen molar-refractivity contribution in [3.63, 3.8) is 0 Å². The van der Waals surface area contributed by atoms with E-state index in [-0.39, 0.29) is 11.9 Å². The van der Waals surface area contributed by atoms with Gasteiger partial charge in [-0.2, -0.15) is 0 Å². The van der Waals surface area contributed by atoms with Crippen molar-refractivity contribution in [1.29, 1.82) is 0 Å². The standard InChI is InChI=1S/C13H20N2O/c1-11(2)15(9-8-14)13(16)10-12-6-4-3-5-7-12/h3-7,11H,8-10,14H2,1-2H3. The molecule has 0 spiro atoms. The molecule has 2 N–H and O–H groups in total. The van der Waals surface area contributed by atoms with Gasteiger partial charge in [0.2, 0.25) is 5.91 Å². The van der Waals surface area contributed by atoms with Crippen LogP contribution in [0.4, 0.5) is 0 Å². The van der Waals surface area contributed by atoms with E-state index in [1.165, 1.54) is 0 Å². The SMILES string of the molecule is CC(C)N(CCN)C(=O)Cc1ccccc1. The summed E-state index contributed by atoms with van der Waals surface area (Å²) < 4.78 is 0. The Bertz CT molecular complexity index is 322. The smallest absolute Gasteiger partial charge is 0.227 e. The zero-order valence-electron chi connectivity index (χ0n) is 10.0. The number of rotatable bonds is 5. The minimum Gasteiger partial charge on any atom is -0.339 e. The summed E-state index contributed by atoms with van der Waals surface area (Å²) in [7, 11) is 0. The van der Waals surface area contributed by atoms with Gasteiger partial charge in [0.1, 0.15) is 0 Å². The van der Waals surface area contributed by atoms with Crippen LogP contribution in [0.15, 0.2) is 30.3 Å². The molecule has 0 unspecified atom stereocenters. The molecule has 1 rings (SSSR count). The van der Waals surface area contributed by atoms with Crippen LogP contribution >= 0.6 is 0 Å². The molecule has 0 bridgehead atoms. The van der Waals surface area contributed by atoms with Crippen LogP contribution in [0.2, 0.25) is 0 Å². The molecule has 1 amide bonds. The Morgan fingerprint density at radius 1 is 1.31 bits per heavy atom. The molecular weight excluding hydrogens is 200 g/mol. The normalized spacial score (nSPS) is 10.5. The van der Waals surface area contributed by atoms with Crippen LogP contribution in [0, 0.1) is 0 Å². The molecule has 0 fully saturated rings. The van der Waals surface area contributed by atoms with Crippen LogP contribution < -0.4 is 5.73 Å². The van der Waals surface area contributed by atoms with Gasteiger partial charge in [-0.1, -0.05) is 30.3 Å². The molecule has 1 aromatic carbocycles. The summed E-state index contributed by atoms with van der Waals surface area (Å²) >= 11 is 0. The maximum absolute atomic E-state index is 12.0. The molecule has 3 heteroatoms. The third-order valence-corrected chi connectivity index (χ3v) is 2.51. The van der Waals surface area contributed by atoms with Crippen molar-refractivity contribution in [2.45, 2.75) is 26.3 Å². The molecule has 0 aromatic heterocycles. The minimum atomic E-state index is 0.145. The van der Waals surface area contributed by atoms with E-state index in [4.69, 9.17) is 5.73 Å². The first-order valence-electron chi connectivity index (χ1n) is 5.68.